The summed E-state index contributed by atoms with van der Waals surface area (Å²) < 4.78 is 0. The van der Waals surface area contributed by atoms with Gasteiger partial charge in [0.2, 0.25) is 5.91 Å². The van der Waals surface area contributed by atoms with Gasteiger partial charge in [-0.05, 0) is 54.2 Å². The first-order valence-electron chi connectivity index (χ1n) is 10.1. The van der Waals surface area contributed by atoms with Crippen LogP contribution in [0.15, 0.2) is 73.3 Å². The number of aromatic nitrogens is 2. The molecule has 1 aliphatic heterocycles. The minimum atomic E-state index is -0.772. The van der Waals surface area contributed by atoms with Crippen molar-refractivity contribution < 1.29 is 9.59 Å². The van der Waals surface area contributed by atoms with Crippen LogP contribution in [0.1, 0.15) is 28.8 Å². The molecule has 30 heavy (non-hydrogen) atoms. The fraction of sp³-hybridized carbons (Fsp3) is 0.250. The molecule has 6 nitrogen and oxygen atoms in total. The van der Waals surface area contributed by atoms with E-state index < -0.39 is 5.41 Å². The Morgan fingerprint density at radius 2 is 1.70 bits per heavy atom. The number of hydrogen-bond donors (Lipinski definition) is 1. The molecule has 0 saturated carbocycles. The molecule has 152 valence electrons. The molecule has 2 amide bonds. The smallest absolute Gasteiger partial charge is 0.255 e. The minimum absolute atomic E-state index is 0.111. The van der Waals surface area contributed by atoms with Crippen LogP contribution in [-0.4, -0.2) is 39.8 Å². The van der Waals surface area contributed by atoms with E-state index in [4.69, 9.17) is 5.73 Å². The van der Waals surface area contributed by atoms with Crippen LogP contribution in [0.4, 0.5) is 0 Å². The van der Waals surface area contributed by atoms with Crippen molar-refractivity contribution in [2.75, 3.05) is 13.1 Å². The van der Waals surface area contributed by atoms with Crippen LogP contribution in [0.2, 0.25) is 0 Å². The van der Waals surface area contributed by atoms with Gasteiger partial charge < -0.3 is 10.6 Å². The highest BCUT2D eigenvalue weighted by Gasteiger charge is 2.42. The third-order valence-electron chi connectivity index (χ3n) is 5.79. The van der Waals surface area contributed by atoms with Crippen molar-refractivity contribution in [1.82, 2.24) is 14.9 Å². The number of nitrogens with zero attached hydrogens (tertiary/aromatic N) is 3. The van der Waals surface area contributed by atoms with Crippen molar-refractivity contribution in [3.63, 3.8) is 0 Å². The van der Waals surface area contributed by atoms with E-state index in [0.29, 0.717) is 31.5 Å². The summed E-state index contributed by atoms with van der Waals surface area (Å²) in [6, 6.07) is 15.5. The van der Waals surface area contributed by atoms with E-state index >= 15 is 0 Å². The SMILES string of the molecule is NC(=O)[C@@]1(Cc2ccc(-c3cccnc3)cc2)CCCN(C(=O)c2cccnc2)C1. The Morgan fingerprint density at radius 3 is 2.33 bits per heavy atom. The number of carbonyl (C=O) groups excluding carboxylic acids is 2. The number of pyridine rings is 2. The summed E-state index contributed by atoms with van der Waals surface area (Å²) in [5.41, 5.74) is 8.76. The average molecular weight is 400 g/mol. The number of primary amides is 1. The van der Waals surface area contributed by atoms with Crippen LogP contribution in [0.5, 0.6) is 0 Å². The van der Waals surface area contributed by atoms with Crippen LogP contribution < -0.4 is 5.73 Å². The average Bonchev–Trinajstić information content (AvgIpc) is 2.80. The van der Waals surface area contributed by atoms with E-state index in [0.717, 1.165) is 23.1 Å². The lowest BCUT2D eigenvalue weighted by Crippen LogP contribution is -2.53. The molecule has 0 radical (unpaired) electrons. The number of piperidine rings is 1. The van der Waals surface area contributed by atoms with Gasteiger partial charge in [-0.1, -0.05) is 30.3 Å². The monoisotopic (exact) mass is 400 g/mol. The zero-order valence-corrected chi connectivity index (χ0v) is 16.7. The summed E-state index contributed by atoms with van der Waals surface area (Å²) in [6.45, 7) is 0.934. The molecule has 1 atom stereocenters. The van der Waals surface area contributed by atoms with Crippen LogP contribution in [-0.2, 0) is 11.2 Å². The van der Waals surface area contributed by atoms with Crippen molar-refractivity contribution in [1.29, 1.82) is 0 Å². The summed E-state index contributed by atoms with van der Waals surface area (Å²) in [6.07, 6.45) is 8.67. The quantitative estimate of drug-likeness (QED) is 0.713. The summed E-state index contributed by atoms with van der Waals surface area (Å²) >= 11 is 0. The predicted octanol–water partition coefficient (Wildman–Crippen LogP) is 3.09. The molecule has 1 saturated heterocycles. The Kier molecular flexibility index (Phi) is 5.57. The topological polar surface area (TPSA) is 89.2 Å². The van der Waals surface area contributed by atoms with E-state index in [1.54, 1.807) is 35.6 Å². The number of carbonyl (C=O) groups is 2. The fourth-order valence-corrected chi connectivity index (χ4v) is 4.15. The highest BCUT2D eigenvalue weighted by atomic mass is 16.2. The zero-order valence-electron chi connectivity index (χ0n) is 16.7. The lowest BCUT2D eigenvalue weighted by Gasteiger charge is -2.41. The minimum Gasteiger partial charge on any atom is -0.369 e. The molecule has 0 spiro atoms. The molecule has 1 aromatic carbocycles. The van der Waals surface area contributed by atoms with Gasteiger partial charge in [0.25, 0.3) is 5.91 Å². The molecule has 2 aromatic heterocycles. The maximum atomic E-state index is 12.9. The van der Waals surface area contributed by atoms with Gasteiger partial charge in [-0.3, -0.25) is 19.6 Å². The van der Waals surface area contributed by atoms with E-state index in [1.807, 2.05) is 42.6 Å². The third kappa shape index (κ3) is 4.08. The van der Waals surface area contributed by atoms with Gasteiger partial charge in [-0.25, -0.2) is 0 Å². The second kappa shape index (κ2) is 8.45. The Hall–Kier alpha value is -3.54. The molecule has 0 bridgehead atoms. The van der Waals surface area contributed by atoms with Crippen molar-refractivity contribution in [3.8, 4) is 11.1 Å². The molecule has 3 aromatic rings. The van der Waals surface area contributed by atoms with Gasteiger partial charge in [0.1, 0.15) is 0 Å². The van der Waals surface area contributed by atoms with E-state index in [1.165, 1.54) is 0 Å². The first kappa shape index (κ1) is 19.8. The van der Waals surface area contributed by atoms with E-state index in [-0.39, 0.29) is 11.8 Å². The van der Waals surface area contributed by atoms with Gasteiger partial charge in [-0.2, -0.15) is 0 Å². The van der Waals surface area contributed by atoms with E-state index in [2.05, 4.69) is 9.97 Å². The molecule has 1 aliphatic rings. The number of likely N-dealkylation sites (tertiary alicyclic amines) is 1. The lowest BCUT2D eigenvalue weighted by molar-refractivity contribution is -0.130. The molecule has 0 unspecified atom stereocenters. The summed E-state index contributed by atoms with van der Waals surface area (Å²) in [5.74, 6) is -0.470. The number of benzene rings is 1. The highest BCUT2D eigenvalue weighted by Crippen LogP contribution is 2.34. The number of rotatable bonds is 5. The van der Waals surface area contributed by atoms with Crippen molar-refractivity contribution in [2.45, 2.75) is 19.3 Å². The molecule has 2 N–H and O–H groups in total. The second-order valence-corrected chi connectivity index (χ2v) is 7.83. The first-order chi connectivity index (χ1) is 14.6. The summed E-state index contributed by atoms with van der Waals surface area (Å²) in [7, 11) is 0. The Balaban J connectivity index is 1.54. The largest absolute Gasteiger partial charge is 0.369 e. The van der Waals surface area contributed by atoms with Crippen molar-refractivity contribution in [2.24, 2.45) is 11.1 Å². The maximum absolute atomic E-state index is 12.9. The number of amides is 2. The summed E-state index contributed by atoms with van der Waals surface area (Å²) in [5, 5.41) is 0. The van der Waals surface area contributed by atoms with Crippen LogP contribution in [0.25, 0.3) is 11.1 Å². The molecule has 4 rings (SSSR count). The van der Waals surface area contributed by atoms with Gasteiger partial charge >= 0.3 is 0 Å². The molecular weight excluding hydrogens is 376 g/mol. The Labute approximate surface area is 175 Å². The van der Waals surface area contributed by atoms with E-state index in [9.17, 15) is 9.59 Å². The van der Waals surface area contributed by atoms with Crippen LogP contribution in [0, 0.1) is 5.41 Å². The predicted molar refractivity (Wildman–Crippen MR) is 114 cm³/mol. The standard InChI is InChI=1S/C24H24N4O2/c25-23(30)24(10-3-13-28(17-24)22(29)21-5-2-12-27-16-21)14-18-6-8-19(9-7-18)20-4-1-11-26-15-20/h1-2,4-9,11-12,15-16H,3,10,13-14,17H2,(H2,25,30)/t24-/m1/s1. The number of hydrogen-bond acceptors (Lipinski definition) is 4. The maximum Gasteiger partial charge on any atom is 0.255 e. The fourth-order valence-electron chi connectivity index (χ4n) is 4.15. The van der Waals surface area contributed by atoms with Crippen LogP contribution >= 0.6 is 0 Å². The Bertz CT molecular complexity index is 1020. The number of nitrogens with two attached hydrogens (primary N) is 1. The highest BCUT2D eigenvalue weighted by molar-refractivity contribution is 5.94. The van der Waals surface area contributed by atoms with Gasteiger partial charge in [-0.15, -0.1) is 0 Å². The van der Waals surface area contributed by atoms with Gasteiger partial charge in [0.15, 0.2) is 0 Å². The molecule has 1 fully saturated rings. The second-order valence-electron chi connectivity index (χ2n) is 7.83. The zero-order chi connectivity index (χ0) is 21.0. The normalized spacial score (nSPS) is 18.7. The molecule has 0 aliphatic carbocycles. The Morgan fingerprint density at radius 1 is 0.967 bits per heavy atom. The van der Waals surface area contributed by atoms with Crippen molar-refractivity contribution >= 4 is 11.8 Å². The van der Waals surface area contributed by atoms with Crippen LogP contribution in [0.3, 0.4) is 0 Å². The summed E-state index contributed by atoms with van der Waals surface area (Å²) in [4.78, 5) is 35.3. The third-order valence-corrected chi connectivity index (χ3v) is 5.79. The van der Waals surface area contributed by atoms with Crippen molar-refractivity contribution in [3.05, 3.63) is 84.4 Å². The molecular formula is C24H24N4O2. The molecule has 3 heterocycles. The first-order valence-corrected chi connectivity index (χ1v) is 10.1. The molecule has 6 heteroatoms. The lowest BCUT2D eigenvalue weighted by atomic mass is 9.74. The van der Waals surface area contributed by atoms with Gasteiger partial charge in [0, 0.05) is 37.9 Å². The van der Waals surface area contributed by atoms with Gasteiger partial charge in [0.05, 0.1) is 11.0 Å².